The Balaban J connectivity index is 2.15. The maximum absolute atomic E-state index is 12.7. The highest BCUT2D eigenvalue weighted by Crippen LogP contribution is 2.42. The predicted molar refractivity (Wildman–Crippen MR) is 73.2 cm³/mol. The van der Waals surface area contributed by atoms with Crippen molar-refractivity contribution in [1.29, 1.82) is 0 Å². The number of nitrogens with one attached hydrogen (secondary N) is 2. The van der Waals surface area contributed by atoms with Crippen molar-refractivity contribution in [3.05, 3.63) is 29.3 Å². The van der Waals surface area contributed by atoms with Gasteiger partial charge in [-0.2, -0.15) is 0 Å². The Morgan fingerprint density at radius 1 is 1.32 bits per heavy atom. The third-order valence-corrected chi connectivity index (χ3v) is 4.45. The minimum absolute atomic E-state index is 0.0423. The Morgan fingerprint density at radius 2 is 2.05 bits per heavy atom. The molecule has 0 unspecified atom stereocenters. The molecule has 0 radical (unpaired) electrons. The van der Waals surface area contributed by atoms with Crippen molar-refractivity contribution in [1.82, 2.24) is 5.32 Å². The second kappa shape index (κ2) is 3.83. The van der Waals surface area contributed by atoms with Gasteiger partial charge in [-0.1, -0.05) is 12.1 Å². The van der Waals surface area contributed by atoms with Gasteiger partial charge in [0.1, 0.15) is 5.92 Å². The van der Waals surface area contributed by atoms with Gasteiger partial charge in [-0.05, 0) is 31.9 Å². The number of carbonyl (C=O) groups is 2. The molecule has 0 bridgehead atoms. The topological polar surface area (TPSA) is 58.2 Å². The van der Waals surface area contributed by atoms with E-state index in [1.807, 2.05) is 32.0 Å². The van der Waals surface area contributed by atoms with E-state index in [2.05, 4.69) is 10.6 Å². The second-order valence-electron chi connectivity index (χ2n) is 5.95. The number of amides is 1. The molecule has 1 amide bonds. The van der Waals surface area contributed by atoms with Crippen LogP contribution in [0.15, 0.2) is 18.2 Å². The molecule has 2 aliphatic rings. The van der Waals surface area contributed by atoms with Crippen LogP contribution in [0.3, 0.4) is 0 Å². The van der Waals surface area contributed by atoms with Crippen LogP contribution in [-0.2, 0) is 11.2 Å². The van der Waals surface area contributed by atoms with E-state index in [1.165, 1.54) is 0 Å². The van der Waals surface area contributed by atoms with Gasteiger partial charge in [0.05, 0.1) is 0 Å². The zero-order valence-corrected chi connectivity index (χ0v) is 11.4. The zero-order chi connectivity index (χ0) is 13.8. The van der Waals surface area contributed by atoms with Gasteiger partial charge in [0.15, 0.2) is 5.78 Å². The smallest absolute Gasteiger partial charge is 0.231 e. The molecule has 1 aliphatic carbocycles. The van der Waals surface area contributed by atoms with Crippen LogP contribution in [-0.4, -0.2) is 24.3 Å². The lowest BCUT2D eigenvalue weighted by Crippen LogP contribution is -2.42. The van der Waals surface area contributed by atoms with Gasteiger partial charge in [-0.25, -0.2) is 0 Å². The van der Waals surface area contributed by atoms with Gasteiger partial charge in [0.2, 0.25) is 5.91 Å². The summed E-state index contributed by atoms with van der Waals surface area (Å²) < 4.78 is 0. The SMILES string of the molecule is CNc1cccc2c1C(=O)[C@@H]1C(=O)NC(C)(C)[C@@H]1C2. The molecule has 1 aromatic carbocycles. The van der Waals surface area contributed by atoms with Crippen molar-refractivity contribution in [3.63, 3.8) is 0 Å². The first-order valence-corrected chi connectivity index (χ1v) is 6.61. The van der Waals surface area contributed by atoms with Crippen LogP contribution in [0.2, 0.25) is 0 Å². The van der Waals surface area contributed by atoms with E-state index < -0.39 is 5.92 Å². The average Bonchev–Trinajstić information content (AvgIpc) is 2.59. The quantitative estimate of drug-likeness (QED) is 0.752. The summed E-state index contributed by atoms with van der Waals surface area (Å²) in [5, 5.41) is 6.01. The Labute approximate surface area is 112 Å². The zero-order valence-electron chi connectivity index (χ0n) is 11.4. The summed E-state index contributed by atoms with van der Waals surface area (Å²) in [5.74, 6) is -0.653. The largest absolute Gasteiger partial charge is 0.388 e. The molecule has 3 rings (SSSR count). The third-order valence-electron chi connectivity index (χ3n) is 4.45. The number of hydrogen-bond acceptors (Lipinski definition) is 3. The van der Waals surface area contributed by atoms with Crippen molar-refractivity contribution in [3.8, 4) is 0 Å². The fraction of sp³-hybridized carbons (Fsp3) is 0.467. The maximum Gasteiger partial charge on any atom is 0.231 e. The summed E-state index contributed by atoms with van der Waals surface area (Å²) in [6, 6.07) is 5.83. The van der Waals surface area contributed by atoms with Crippen LogP contribution in [0.1, 0.15) is 29.8 Å². The van der Waals surface area contributed by atoms with E-state index in [4.69, 9.17) is 0 Å². The highest BCUT2D eigenvalue weighted by atomic mass is 16.2. The van der Waals surface area contributed by atoms with E-state index in [9.17, 15) is 9.59 Å². The van der Waals surface area contributed by atoms with Crippen molar-refractivity contribution in [2.75, 3.05) is 12.4 Å². The molecule has 4 nitrogen and oxygen atoms in total. The molecule has 0 spiro atoms. The Bertz CT molecular complexity index is 578. The molecule has 1 fully saturated rings. The monoisotopic (exact) mass is 258 g/mol. The molecular weight excluding hydrogens is 240 g/mol. The van der Waals surface area contributed by atoms with E-state index >= 15 is 0 Å². The number of benzene rings is 1. The van der Waals surface area contributed by atoms with Gasteiger partial charge in [0.25, 0.3) is 0 Å². The Kier molecular flexibility index (Phi) is 2.46. The lowest BCUT2D eigenvalue weighted by atomic mass is 9.70. The lowest BCUT2D eigenvalue weighted by molar-refractivity contribution is -0.121. The molecule has 4 heteroatoms. The number of fused-ring (bicyclic) bond motifs is 2. The number of ketones is 1. The van der Waals surface area contributed by atoms with Crippen LogP contribution in [0.25, 0.3) is 0 Å². The molecule has 19 heavy (non-hydrogen) atoms. The number of Topliss-reactive ketones (excluding diaryl/α,β-unsaturated/α-hetero) is 1. The normalized spacial score (nSPS) is 27.5. The van der Waals surface area contributed by atoms with E-state index in [-0.39, 0.29) is 23.1 Å². The second-order valence-corrected chi connectivity index (χ2v) is 5.95. The number of anilines is 1. The minimum Gasteiger partial charge on any atom is -0.388 e. The molecule has 0 saturated carbocycles. The third kappa shape index (κ3) is 1.59. The summed E-state index contributed by atoms with van der Waals surface area (Å²) in [5.41, 5.74) is 2.24. The van der Waals surface area contributed by atoms with Crippen LogP contribution in [0.5, 0.6) is 0 Å². The van der Waals surface area contributed by atoms with Crippen molar-refractivity contribution in [2.45, 2.75) is 25.8 Å². The van der Waals surface area contributed by atoms with Crippen molar-refractivity contribution in [2.24, 2.45) is 11.8 Å². The first-order chi connectivity index (χ1) is 8.95. The maximum atomic E-state index is 12.7. The molecule has 100 valence electrons. The van der Waals surface area contributed by atoms with Gasteiger partial charge in [-0.15, -0.1) is 0 Å². The standard InChI is InChI=1S/C15H18N2O2/c1-15(2)9-7-8-5-4-6-10(16-3)11(8)13(18)12(9)14(19)17-15/h4-6,9,12,16H,7H2,1-3H3,(H,17,19)/t9-,12-/m1/s1. The number of rotatable bonds is 1. The first-order valence-electron chi connectivity index (χ1n) is 6.61. The molecule has 0 aromatic heterocycles. The van der Waals surface area contributed by atoms with Gasteiger partial charge in [-0.3, -0.25) is 9.59 Å². The highest BCUT2D eigenvalue weighted by molar-refractivity contribution is 6.15. The van der Waals surface area contributed by atoms with Crippen LogP contribution < -0.4 is 10.6 Å². The van der Waals surface area contributed by atoms with Crippen molar-refractivity contribution >= 4 is 17.4 Å². The summed E-state index contributed by atoms with van der Waals surface area (Å²) in [6.07, 6.45) is 0.771. The first kappa shape index (κ1) is 12.2. The highest BCUT2D eigenvalue weighted by Gasteiger charge is 2.53. The fourth-order valence-corrected chi connectivity index (χ4v) is 3.42. The van der Waals surface area contributed by atoms with E-state index in [0.29, 0.717) is 5.56 Å². The molecule has 1 heterocycles. The molecule has 2 atom stereocenters. The van der Waals surface area contributed by atoms with Gasteiger partial charge in [0, 0.05) is 29.8 Å². The van der Waals surface area contributed by atoms with Gasteiger partial charge >= 0.3 is 0 Å². The van der Waals surface area contributed by atoms with Crippen molar-refractivity contribution < 1.29 is 9.59 Å². The van der Waals surface area contributed by atoms with Gasteiger partial charge < -0.3 is 10.6 Å². The average molecular weight is 258 g/mol. The van der Waals surface area contributed by atoms with Crippen LogP contribution >= 0.6 is 0 Å². The summed E-state index contributed by atoms with van der Waals surface area (Å²) in [4.78, 5) is 24.8. The number of carbonyl (C=O) groups excluding carboxylic acids is 2. The molecular formula is C15H18N2O2. The molecule has 1 aliphatic heterocycles. The Morgan fingerprint density at radius 3 is 2.74 bits per heavy atom. The van der Waals surface area contributed by atoms with Crippen LogP contribution in [0, 0.1) is 11.8 Å². The lowest BCUT2D eigenvalue weighted by Gasteiger charge is -2.33. The number of hydrogen-bond donors (Lipinski definition) is 2. The Hall–Kier alpha value is -1.84. The van der Waals surface area contributed by atoms with E-state index in [0.717, 1.165) is 17.7 Å². The molecule has 2 N–H and O–H groups in total. The fourth-order valence-electron chi connectivity index (χ4n) is 3.42. The predicted octanol–water partition coefficient (Wildman–Crippen LogP) is 1.61. The van der Waals surface area contributed by atoms with Crippen LogP contribution in [0.4, 0.5) is 5.69 Å². The minimum atomic E-state index is -0.531. The molecule has 1 saturated heterocycles. The summed E-state index contributed by atoms with van der Waals surface area (Å²) in [6.45, 7) is 3.99. The molecule has 1 aromatic rings. The van der Waals surface area contributed by atoms with E-state index in [1.54, 1.807) is 7.05 Å². The summed E-state index contributed by atoms with van der Waals surface area (Å²) in [7, 11) is 1.80. The summed E-state index contributed by atoms with van der Waals surface area (Å²) >= 11 is 0.